The number of phenols is 1. The second-order valence-corrected chi connectivity index (χ2v) is 7.80. The molecule has 1 aliphatic rings. The van der Waals surface area contributed by atoms with E-state index >= 15 is 0 Å². The van der Waals surface area contributed by atoms with Gasteiger partial charge in [0.15, 0.2) is 0 Å². The molecule has 2 heterocycles. The lowest BCUT2D eigenvalue weighted by Crippen LogP contribution is -2.31. The van der Waals surface area contributed by atoms with Crippen molar-refractivity contribution in [2.24, 2.45) is 0 Å². The van der Waals surface area contributed by atoms with E-state index in [1.165, 1.54) is 0 Å². The predicted molar refractivity (Wildman–Crippen MR) is 119 cm³/mol. The predicted octanol–water partition coefficient (Wildman–Crippen LogP) is 5.41. The second-order valence-electron chi connectivity index (χ2n) is 7.80. The summed E-state index contributed by atoms with van der Waals surface area (Å²) in [4.78, 5) is 22.6. The number of likely N-dealkylation sites (tertiary alicyclic amines) is 1. The number of amides is 1. The number of carbonyl (C=O) groups excluding carboxylic acids is 1. The summed E-state index contributed by atoms with van der Waals surface area (Å²) in [7, 11) is 0. The van der Waals surface area contributed by atoms with Crippen molar-refractivity contribution in [3.8, 4) is 16.9 Å². The van der Waals surface area contributed by atoms with Crippen molar-refractivity contribution in [1.82, 2.24) is 14.9 Å². The van der Waals surface area contributed by atoms with E-state index in [-0.39, 0.29) is 24.5 Å². The molecule has 0 spiro atoms. The molecule has 0 bridgehead atoms. The first kappa shape index (κ1) is 19.2. The molecule has 2 N–H and O–H groups in total. The Hall–Kier alpha value is -3.80. The molecule has 1 amide bonds. The van der Waals surface area contributed by atoms with Crippen molar-refractivity contribution in [1.29, 1.82) is 0 Å². The number of nitrogens with zero attached hydrogens (tertiary/aromatic N) is 2. The van der Waals surface area contributed by atoms with Crippen LogP contribution in [0.25, 0.3) is 22.2 Å². The standard InChI is InChI=1S/C25H23N3O3/c29-20-9-4-8-18(14-20)19-11-12-21-22(15-19)27-24(26-21)23-10-5-13-28(23)25(30)31-16-17-6-2-1-3-7-17/h1-4,6-9,11-12,14-15,23,29H,5,10,13,16H2,(H,26,27)/t23-/m0/s1. The van der Waals surface area contributed by atoms with Crippen LogP contribution in [-0.4, -0.2) is 32.6 Å². The van der Waals surface area contributed by atoms with Crippen molar-refractivity contribution < 1.29 is 14.6 Å². The van der Waals surface area contributed by atoms with E-state index in [0.717, 1.165) is 46.4 Å². The van der Waals surface area contributed by atoms with Crippen LogP contribution in [-0.2, 0) is 11.3 Å². The van der Waals surface area contributed by atoms with Crippen LogP contribution in [0.5, 0.6) is 5.75 Å². The largest absolute Gasteiger partial charge is 0.508 e. The number of phenolic OH excluding ortho intramolecular Hbond substituents is 1. The molecule has 0 unspecified atom stereocenters. The fraction of sp³-hybridized carbons (Fsp3) is 0.200. The van der Waals surface area contributed by atoms with Crippen molar-refractivity contribution in [2.45, 2.75) is 25.5 Å². The molecule has 1 aromatic heterocycles. The number of benzene rings is 3. The fourth-order valence-electron chi connectivity index (χ4n) is 4.12. The SMILES string of the molecule is O=C(OCc1ccccc1)N1CCC[C@H]1c1nc2ccc(-c3cccc(O)c3)cc2[nH]1. The van der Waals surface area contributed by atoms with Gasteiger partial charge in [0.25, 0.3) is 0 Å². The van der Waals surface area contributed by atoms with Gasteiger partial charge in [-0.1, -0.05) is 48.5 Å². The van der Waals surface area contributed by atoms with Crippen LogP contribution in [0.3, 0.4) is 0 Å². The van der Waals surface area contributed by atoms with Gasteiger partial charge in [-0.15, -0.1) is 0 Å². The van der Waals surface area contributed by atoms with Gasteiger partial charge in [-0.3, -0.25) is 4.90 Å². The number of aromatic amines is 1. The molecule has 6 heteroatoms. The van der Waals surface area contributed by atoms with Crippen LogP contribution in [0, 0.1) is 0 Å². The lowest BCUT2D eigenvalue weighted by Gasteiger charge is -2.22. The van der Waals surface area contributed by atoms with Crippen LogP contribution >= 0.6 is 0 Å². The molecule has 31 heavy (non-hydrogen) atoms. The highest BCUT2D eigenvalue weighted by atomic mass is 16.6. The van der Waals surface area contributed by atoms with E-state index in [2.05, 4.69) is 4.98 Å². The molecule has 0 radical (unpaired) electrons. The van der Waals surface area contributed by atoms with E-state index in [1.807, 2.05) is 60.7 Å². The summed E-state index contributed by atoms with van der Waals surface area (Å²) < 4.78 is 5.55. The van der Waals surface area contributed by atoms with Crippen LogP contribution in [0.15, 0.2) is 72.8 Å². The maximum Gasteiger partial charge on any atom is 0.410 e. The number of nitrogens with one attached hydrogen (secondary N) is 1. The summed E-state index contributed by atoms with van der Waals surface area (Å²) in [5.41, 5.74) is 4.65. The van der Waals surface area contributed by atoms with Gasteiger partial charge in [0.2, 0.25) is 0 Å². The molecule has 6 nitrogen and oxygen atoms in total. The van der Waals surface area contributed by atoms with Crippen LogP contribution < -0.4 is 0 Å². The summed E-state index contributed by atoms with van der Waals surface area (Å²) in [6.45, 7) is 0.917. The Balaban J connectivity index is 1.36. The van der Waals surface area contributed by atoms with Crippen molar-refractivity contribution in [2.75, 3.05) is 6.54 Å². The molecule has 1 fully saturated rings. The maximum absolute atomic E-state index is 12.7. The van der Waals surface area contributed by atoms with Gasteiger partial charge in [-0.05, 0) is 53.8 Å². The first-order valence-corrected chi connectivity index (χ1v) is 10.4. The number of ether oxygens (including phenoxy) is 1. The van der Waals surface area contributed by atoms with Gasteiger partial charge in [0.05, 0.1) is 17.1 Å². The lowest BCUT2D eigenvalue weighted by atomic mass is 10.1. The van der Waals surface area contributed by atoms with Crippen molar-refractivity contribution >= 4 is 17.1 Å². The van der Waals surface area contributed by atoms with Gasteiger partial charge in [0, 0.05) is 6.54 Å². The number of carbonyl (C=O) groups is 1. The molecule has 0 aliphatic carbocycles. The third kappa shape index (κ3) is 3.97. The number of H-pyrrole nitrogens is 1. The van der Waals surface area contributed by atoms with Gasteiger partial charge >= 0.3 is 6.09 Å². The van der Waals surface area contributed by atoms with E-state index < -0.39 is 0 Å². The third-order valence-electron chi connectivity index (χ3n) is 5.69. The Morgan fingerprint density at radius 2 is 1.90 bits per heavy atom. The van der Waals surface area contributed by atoms with Crippen molar-refractivity contribution in [3.05, 3.63) is 84.2 Å². The van der Waals surface area contributed by atoms with Crippen molar-refractivity contribution in [3.63, 3.8) is 0 Å². The highest BCUT2D eigenvalue weighted by Crippen LogP contribution is 2.33. The second kappa shape index (κ2) is 8.14. The van der Waals surface area contributed by atoms with Gasteiger partial charge < -0.3 is 14.8 Å². The van der Waals surface area contributed by atoms with Gasteiger partial charge in [-0.2, -0.15) is 0 Å². The third-order valence-corrected chi connectivity index (χ3v) is 5.69. The fourth-order valence-corrected chi connectivity index (χ4v) is 4.12. The Morgan fingerprint density at radius 3 is 2.74 bits per heavy atom. The molecule has 3 aromatic carbocycles. The maximum atomic E-state index is 12.7. The first-order chi connectivity index (χ1) is 15.2. The van der Waals surface area contributed by atoms with E-state index in [0.29, 0.717) is 6.54 Å². The zero-order chi connectivity index (χ0) is 21.2. The number of imidazole rings is 1. The number of aromatic hydroxyl groups is 1. The first-order valence-electron chi connectivity index (χ1n) is 10.4. The molecular weight excluding hydrogens is 390 g/mol. The highest BCUT2D eigenvalue weighted by Gasteiger charge is 2.33. The lowest BCUT2D eigenvalue weighted by molar-refractivity contribution is 0.0910. The van der Waals surface area contributed by atoms with Crippen LogP contribution in [0.2, 0.25) is 0 Å². The number of hydrogen-bond acceptors (Lipinski definition) is 4. The normalized spacial score (nSPS) is 16.0. The molecule has 5 rings (SSSR count). The molecule has 4 aromatic rings. The Bertz CT molecular complexity index is 1220. The average Bonchev–Trinajstić information content (AvgIpc) is 3.44. The average molecular weight is 413 g/mol. The Kier molecular flexibility index (Phi) is 5.04. The number of fused-ring (bicyclic) bond motifs is 1. The number of hydrogen-bond donors (Lipinski definition) is 2. The summed E-state index contributed by atoms with van der Waals surface area (Å²) in [6.07, 6.45) is 1.45. The summed E-state index contributed by atoms with van der Waals surface area (Å²) in [5.74, 6) is 1.01. The minimum Gasteiger partial charge on any atom is -0.508 e. The summed E-state index contributed by atoms with van der Waals surface area (Å²) in [6, 6.07) is 22.7. The molecule has 156 valence electrons. The quantitative estimate of drug-likeness (QED) is 0.469. The summed E-state index contributed by atoms with van der Waals surface area (Å²) >= 11 is 0. The Labute approximate surface area is 180 Å². The highest BCUT2D eigenvalue weighted by molar-refractivity contribution is 5.82. The minimum absolute atomic E-state index is 0.125. The van der Waals surface area contributed by atoms with Gasteiger partial charge in [-0.25, -0.2) is 9.78 Å². The molecular formula is C25H23N3O3. The topological polar surface area (TPSA) is 78.4 Å². The van der Waals surface area contributed by atoms with Crippen LogP contribution in [0.4, 0.5) is 4.79 Å². The number of aromatic nitrogens is 2. The minimum atomic E-state index is -0.313. The zero-order valence-corrected chi connectivity index (χ0v) is 17.0. The van der Waals surface area contributed by atoms with E-state index in [9.17, 15) is 9.90 Å². The molecule has 1 atom stereocenters. The number of rotatable bonds is 4. The zero-order valence-electron chi connectivity index (χ0n) is 17.0. The van der Waals surface area contributed by atoms with E-state index in [4.69, 9.17) is 9.72 Å². The van der Waals surface area contributed by atoms with Gasteiger partial charge in [0.1, 0.15) is 18.2 Å². The van der Waals surface area contributed by atoms with Crippen LogP contribution in [0.1, 0.15) is 30.3 Å². The monoisotopic (exact) mass is 413 g/mol. The van der Waals surface area contributed by atoms with E-state index in [1.54, 1.807) is 17.0 Å². The smallest absolute Gasteiger partial charge is 0.410 e. The Morgan fingerprint density at radius 1 is 1.06 bits per heavy atom. The summed E-state index contributed by atoms with van der Waals surface area (Å²) in [5, 5.41) is 9.76. The molecule has 1 saturated heterocycles. The molecule has 1 aliphatic heterocycles. The molecule has 0 saturated carbocycles.